The lowest BCUT2D eigenvalue weighted by atomic mass is 10.0. The fourth-order valence-electron chi connectivity index (χ4n) is 8.35. The predicted octanol–water partition coefficient (Wildman–Crippen LogP) is 7.49. The molecule has 0 unspecified atom stereocenters. The topological polar surface area (TPSA) is 200 Å². The average molecular weight is 876 g/mol. The van der Waals surface area contributed by atoms with E-state index in [-0.39, 0.29) is 34.8 Å². The van der Waals surface area contributed by atoms with Gasteiger partial charge in [0.25, 0.3) is 5.92 Å². The first-order valence-electron chi connectivity index (χ1n) is 20.9. The number of imidazole rings is 2. The van der Waals surface area contributed by atoms with Crippen LogP contribution >= 0.6 is 0 Å². The van der Waals surface area contributed by atoms with Gasteiger partial charge in [0.05, 0.1) is 68.9 Å². The number of halogens is 3. The van der Waals surface area contributed by atoms with Gasteiger partial charge in [0.2, 0.25) is 11.8 Å². The zero-order valence-corrected chi connectivity index (χ0v) is 36.1. The van der Waals surface area contributed by atoms with Gasteiger partial charge in [-0.1, -0.05) is 39.8 Å². The number of rotatable bonds is 13. The molecular weight excluding hydrogens is 824 g/mol. The molecule has 3 aromatic heterocycles. The van der Waals surface area contributed by atoms with Gasteiger partial charge in [-0.05, 0) is 55.9 Å². The number of amides is 4. The van der Waals surface area contributed by atoms with Crippen LogP contribution in [0.15, 0.2) is 48.8 Å². The number of alkyl carbamates (subject to hydrolysis) is 2. The van der Waals surface area contributed by atoms with Gasteiger partial charge in [-0.25, -0.2) is 32.7 Å². The minimum Gasteiger partial charge on any atom is -0.493 e. The van der Waals surface area contributed by atoms with Crippen LogP contribution in [0, 0.1) is 17.7 Å². The molecule has 2 fully saturated rings. The van der Waals surface area contributed by atoms with Crippen LogP contribution in [0.4, 0.5) is 22.8 Å². The van der Waals surface area contributed by atoms with Gasteiger partial charge in [0, 0.05) is 40.6 Å². The van der Waals surface area contributed by atoms with Gasteiger partial charge >= 0.3 is 12.2 Å². The summed E-state index contributed by atoms with van der Waals surface area (Å²) in [7, 11) is 2.40. The number of carbonyl (C=O) groups excluding carboxylic acids is 4. The largest absolute Gasteiger partial charge is 0.493 e. The van der Waals surface area contributed by atoms with Crippen LogP contribution < -0.4 is 15.4 Å². The first-order valence-corrected chi connectivity index (χ1v) is 20.9. The van der Waals surface area contributed by atoms with Crippen molar-refractivity contribution in [2.45, 2.75) is 84.0 Å². The molecule has 336 valence electrons. The number of nitrogens with one attached hydrogen (secondary N) is 5. The number of aromatic nitrogens is 5. The smallest absolute Gasteiger partial charge is 0.407 e. The molecule has 2 aliphatic rings. The van der Waals surface area contributed by atoms with Crippen molar-refractivity contribution >= 4 is 34.9 Å². The zero-order valence-electron chi connectivity index (χ0n) is 36.1. The second-order valence-corrected chi connectivity index (χ2v) is 16.5. The van der Waals surface area contributed by atoms with Crippen molar-refractivity contribution in [3.8, 4) is 39.5 Å². The molecular formula is C44H52F3N9O7. The van der Waals surface area contributed by atoms with Crippen molar-refractivity contribution in [3.05, 3.63) is 66.3 Å². The van der Waals surface area contributed by atoms with E-state index in [1.807, 2.05) is 26.8 Å². The second kappa shape index (κ2) is 18.1. The van der Waals surface area contributed by atoms with Crippen molar-refractivity contribution in [2.75, 3.05) is 33.9 Å². The Morgan fingerprint density at radius 1 is 0.825 bits per heavy atom. The van der Waals surface area contributed by atoms with E-state index in [1.54, 1.807) is 55.3 Å². The van der Waals surface area contributed by atoms with Crippen molar-refractivity contribution in [2.24, 2.45) is 11.8 Å². The molecule has 2 saturated heterocycles. The molecule has 0 radical (unpaired) electrons. The summed E-state index contributed by atoms with van der Waals surface area (Å²) in [5.41, 5.74) is 3.49. The summed E-state index contributed by atoms with van der Waals surface area (Å²) >= 11 is 0. The van der Waals surface area contributed by atoms with Crippen LogP contribution in [0.2, 0.25) is 0 Å². The maximum absolute atomic E-state index is 16.5. The molecule has 0 spiro atoms. The summed E-state index contributed by atoms with van der Waals surface area (Å²) < 4.78 is 61.8. The Morgan fingerprint density at radius 3 is 1.98 bits per heavy atom. The fraction of sp³-hybridized carbons (Fsp3) is 0.455. The molecule has 19 heteroatoms. The molecule has 7 rings (SSSR count). The van der Waals surface area contributed by atoms with E-state index in [0.29, 0.717) is 59.2 Å². The van der Waals surface area contributed by atoms with E-state index in [0.717, 1.165) is 24.0 Å². The number of carbonyl (C=O) groups is 4. The van der Waals surface area contributed by atoms with E-state index >= 15 is 4.39 Å². The van der Waals surface area contributed by atoms with Gasteiger partial charge in [-0.3, -0.25) is 9.59 Å². The number of hydrogen-bond acceptors (Lipinski definition) is 9. The first kappa shape index (κ1) is 44.5. The highest BCUT2D eigenvalue weighted by Crippen LogP contribution is 2.42. The Hall–Kier alpha value is -6.53. The minimum absolute atomic E-state index is 0.124. The van der Waals surface area contributed by atoms with Crippen LogP contribution in [0.3, 0.4) is 0 Å². The Labute approximate surface area is 361 Å². The number of nitrogens with zero attached hydrogens (tertiary/aromatic N) is 4. The van der Waals surface area contributed by atoms with Crippen LogP contribution in [-0.4, -0.2) is 111 Å². The maximum atomic E-state index is 16.5. The molecule has 5 N–H and O–H groups in total. The summed E-state index contributed by atoms with van der Waals surface area (Å²) in [5, 5.41) is 5.38. The molecule has 63 heavy (non-hydrogen) atoms. The lowest BCUT2D eigenvalue weighted by Gasteiger charge is -2.30. The standard InChI is InChI=1S/C44H52F3N9O7/c1-8-63-33-17-25(30-20-48-38(51-30)31-10-9-15-55(31)40(57)35(22(2)3)53-42(59)61-6)11-13-26(33)37-34(45)27-16-24(12-14-28(27)50-37)29-19-49-39(52-29)32-18-44(46,47)21-56(32)41(58)36(23(4)5)54-43(60)62-7/h11-14,16-17,19-20,22-23,31-32,35-36,50H,8-10,15,18,21H2,1-7H3,(H,48,51)(H,49,52)(H,53,59)(H,54,60)/t31-,32-,35-,36-/m0/s1. The zero-order chi connectivity index (χ0) is 45.3. The molecule has 0 saturated carbocycles. The van der Waals surface area contributed by atoms with Crippen LogP contribution in [0.1, 0.15) is 77.6 Å². The average Bonchev–Trinajstić information content (AvgIpc) is 4.11. The van der Waals surface area contributed by atoms with Crippen molar-refractivity contribution in [3.63, 3.8) is 0 Å². The number of hydrogen-bond donors (Lipinski definition) is 5. The molecule has 0 bridgehead atoms. The molecule has 4 amide bonds. The fourth-order valence-corrected chi connectivity index (χ4v) is 8.35. The third-order valence-corrected chi connectivity index (χ3v) is 11.6. The summed E-state index contributed by atoms with van der Waals surface area (Å²) in [6.45, 7) is 8.87. The van der Waals surface area contributed by atoms with E-state index < -0.39 is 66.8 Å². The highest BCUT2D eigenvalue weighted by molar-refractivity contribution is 5.92. The molecule has 0 aliphatic carbocycles. The Morgan fingerprint density at radius 2 is 1.40 bits per heavy atom. The number of alkyl halides is 2. The third-order valence-electron chi connectivity index (χ3n) is 11.6. The molecule has 5 heterocycles. The molecule has 2 aliphatic heterocycles. The third kappa shape index (κ3) is 9.04. The summed E-state index contributed by atoms with van der Waals surface area (Å²) in [5.74, 6) is -4.11. The summed E-state index contributed by atoms with van der Waals surface area (Å²) in [4.78, 5) is 72.7. The normalized spacial score (nSPS) is 18.2. The van der Waals surface area contributed by atoms with Crippen molar-refractivity contribution < 1.29 is 46.6 Å². The van der Waals surface area contributed by atoms with Gasteiger partial charge in [-0.15, -0.1) is 0 Å². The molecule has 2 aromatic carbocycles. The van der Waals surface area contributed by atoms with Gasteiger partial charge in [0.1, 0.15) is 29.5 Å². The van der Waals surface area contributed by atoms with Crippen molar-refractivity contribution in [1.29, 1.82) is 0 Å². The lowest BCUT2D eigenvalue weighted by Crippen LogP contribution is -2.51. The number of ether oxygens (including phenoxy) is 3. The maximum Gasteiger partial charge on any atom is 0.407 e. The van der Waals surface area contributed by atoms with E-state index in [2.05, 4.69) is 40.3 Å². The molecule has 16 nitrogen and oxygen atoms in total. The number of fused-ring (bicyclic) bond motifs is 1. The summed E-state index contributed by atoms with van der Waals surface area (Å²) in [6.07, 6.45) is 2.37. The SMILES string of the molecule is CCOc1cc(-c2cnc([C@@H]3CCCN3C(=O)[C@@H](NC(=O)OC)C(C)C)[nH]2)ccc1-c1[nH]c2ccc(-c3cnc([C@@H]4CC(F)(F)CN4C(=O)[C@@H](NC(=O)OC)C(C)C)[nH]3)cc2c1F. The number of aromatic amines is 3. The Kier molecular flexibility index (Phi) is 12.8. The molecule has 5 aromatic rings. The predicted molar refractivity (Wildman–Crippen MR) is 226 cm³/mol. The molecule has 4 atom stereocenters. The van der Waals surface area contributed by atoms with Crippen LogP contribution in [-0.2, 0) is 19.1 Å². The van der Waals surface area contributed by atoms with Crippen LogP contribution in [0.25, 0.3) is 44.7 Å². The van der Waals surface area contributed by atoms with Gasteiger partial charge < -0.3 is 49.6 Å². The number of H-pyrrole nitrogens is 3. The van der Waals surface area contributed by atoms with Crippen LogP contribution in [0.5, 0.6) is 5.75 Å². The monoisotopic (exact) mass is 875 g/mol. The first-order chi connectivity index (χ1) is 30.0. The van der Waals surface area contributed by atoms with E-state index in [1.165, 1.54) is 13.3 Å². The summed E-state index contributed by atoms with van der Waals surface area (Å²) in [6, 6.07) is 7.10. The lowest BCUT2D eigenvalue weighted by molar-refractivity contribution is -0.137. The Balaban J connectivity index is 1.13. The Bertz CT molecular complexity index is 2500. The van der Waals surface area contributed by atoms with E-state index in [9.17, 15) is 28.0 Å². The van der Waals surface area contributed by atoms with Gasteiger partial charge in [-0.2, -0.15) is 0 Å². The highest BCUT2D eigenvalue weighted by Gasteiger charge is 2.50. The quantitative estimate of drug-likeness (QED) is 0.0796. The highest BCUT2D eigenvalue weighted by atomic mass is 19.3. The number of likely N-dealkylation sites (tertiary alicyclic amines) is 2. The van der Waals surface area contributed by atoms with Crippen molar-refractivity contribution in [1.82, 2.24) is 45.4 Å². The minimum atomic E-state index is -3.20. The van der Waals surface area contributed by atoms with Gasteiger partial charge in [0.15, 0.2) is 5.82 Å². The number of methoxy groups -OCH3 is 2. The second-order valence-electron chi connectivity index (χ2n) is 16.5. The van der Waals surface area contributed by atoms with E-state index in [4.69, 9.17) is 9.47 Å². The number of benzene rings is 2.